The molecular formula is C15H18N2O3S. The highest BCUT2D eigenvalue weighted by Gasteiger charge is 2.27. The number of carbonyl (C=O) groups is 2. The van der Waals surface area contributed by atoms with Crippen molar-refractivity contribution in [3.63, 3.8) is 0 Å². The molecule has 1 atom stereocenters. The van der Waals surface area contributed by atoms with Gasteiger partial charge in [0.25, 0.3) is 0 Å². The first-order valence-electron chi connectivity index (χ1n) is 7.10. The zero-order chi connectivity index (χ0) is 15.4. The Morgan fingerprint density at radius 1 is 1.43 bits per heavy atom. The zero-order valence-corrected chi connectivity index (χ0v) is 13.0. The zero-order valence-electron chi connectivity index (χ0n) is 12.2. The molecule has 1 aliphatic rings. The summed E-state index contributed by atoms with van der Waals surface area (Å²) in [6.07, 6.45) is 3.90. The van der Waals surface area contributed by atoms with Crippen molar-refractivity contribution < 1.29 is 14.3 Å². The minimum atomic E-state index is -0.751. The quantitative estimate of drug-likeness (QED) is 0.867. The normalized spacial score (nSPS) is 14.7. The van der Waals surface area contributed by atoms with Crippen LogP contribution in [0.15, 0.2) is 0 Å². The molecule has 0 spiro atoms. The number of carbonyl (C=O) groups excluding carboxylic acids is 2. The molecule has 112 valence electrons. The third-order valence-electron chi connectivity index (χ3n) is 3.47. The van der Waals surface area contributed by atoms with Crippen LogP contribution in [0.4, 0.5) is 5.00 Å². The number of hydrogen-bond acceptors (Lipinski definition) is 5. The second-order valence-electron chi connectivity index (χ2n) is 4.98. The summed E-state index contributed by atoms with van der Waals surface area (Å²) in [7, 11) is 0. The fraction of sp³-hybridized carbons (Fsp3) is 0.533. The first-order chi connectivity index (χ1) is 10.1. The van der Waals surface area contributed by atoms with Crippen molar-refractivity contribution in [2.24, 2.45) is 5.92 Å². The van der Waals surface area contributed by atoms with Gasteiger partial charge in [0.2, 0.25) is 5.91 Å². The highest BCUT2D eigenvalue weighted by molar-refractivity contribution is 7.17. The number of nitriles is 1. The lowest BCUT2D eigenvalue weighted by Gasteiger charge is -2.12. The summed E-state index contributed by atoms with van der Waals surface area (Å²) in [5.41, 5.74) is 1.49. The molecule has 0 saturated heterocycles. The van der Waals surface area contributed by atoms with E-state index in [4.69, 9.17) is 10.00 Å². The molecule has 1 N–H and O–H groups in total. The number of anilines is 1. The molecule has 1 aromatic heterocycles. The van der Waals surface area contributed by atoms with E-state index >= 15 is 0 Å². The van der Waals surface area contributed by atoms with Crippen LogP contribution in [-0.2, 0) is 22.4 Å². The minimum Gasteiger partial charge on any atom is -0.462 e. The van der Waals surface area contributed by atoms with Gasteiger partial charge in [-0.05, 0) is 45.1 Å². The molecule has 1 aliphatic carbocycles. The van der Waals surface area contributed by atoms with Gasteiger partial charge in [-0.25, -0.2) is 4.79 Å². The number of nitrogens with zero attached hydrogens (tertiary/aromatic N) is 1. The number of fused-ring (bicyclic) bond motifs is 1. The van der Waals surface area contributed by atoms with Crippen LogP contribution in [0.3, 0.4) is 0 Å². The van der Waals surface area contributed by atoms with Crippen LogP contribution in [-0.4, -0.2) is 18.5 Å². The first-order valence-corrected chi connectivity index (χ1v) is 7.92. The minimum absolute atomic E-state index is 0.297. The molecule has 2 rings (SSSR count). The topological polar surface area (TPSA) is 79.2 Å². The van der Waals surface area contributed by atoms with Gasteiger partial charge in [0.15, 0.2) is 0 Å². The number of thiophene rings is 1. The number of amides is 1. The van der Waals surface area contributed by atoms with Crippen LogP contribution in [0.5, 0.6) is 0 Å². The smallest absolute Gasteiger partial charge is 0.341 e. The molecule has 0 radical (unpaired) electrons. The van der Waals surface area contributed by atoms with Gasteiger partial charge in [-0.1, -0.05) is 0 Å². The molecule has 1 aromatic rings. The standard InChI is InChI=1S/C15H18N2O3S/c1-3-20-15(19)12-10-6-4-5-7-11(10)21-14(12)17-13(18)9(2)8-16/h9H,3-7H2,1-2H3,(H,17,18). The summed E-state index contributed by atoms with van der Waals surface area (Å²) in [6.45, 7) is 3.59. The van der Waals surface area contributed by atoms with Gasteiger partial charge < -0.3 is 10.1 Å². The van der Waals surface area contributed by atoms with E-state index in [1.807, 2.05) is 6.07 Å². The maximum atomic E-state index is 12.2. The van der Waals surface area contributed by atoms with Crippen molar-refractivity contribution in [3.05, 3.63) is 16.0 Å². The Morgan fingerprint density at radius 3 is 2.81 bits per heavy atom. The summed E-state index contributed by atoms with van der Waals surface area (Å²) in [4.78, 5) is 25.2. The van der Waals surface area contributed by atoms with Gasteiger partial charge >= 0.3 is 5.97 Å². The van der Waals surface area contributed by atoms with Crippen molar-refractivity contribution in [3.8, 4) is 6.07 Å². The SMILES string of the molecule is CCOC(=O)c1c(NC(=O)C(C)C#N)sc2c1CCCC2. The van der Waals surface area contributed by atoms with Crippen LogP contribution in [0.25, 0.3) is 0 Å². The number of aryl methyl sites for hydroxylation is 1. The molecule has 1 amide bonds. The molecule has 1 heterocycles. The van der Waals surface area contributed by atoms with E-state index < -0.39 is 11.9 Å². The Balaban J connectivity index is 2.36. The summed E-state index contributed by atoms with van der Waals surface area (Å²) < 4.78 is 5.11. The van der Waals surface area contributed by atoms with E-state index in [0.717, 1.165) is 36.1 Å². The molecule has 0 fully saturated rings. The van der Waals surface area contributed by atoms with Crippen molar-refractivity contribution in [2.75, 3.05) is 11.9 Å². The first kappa shape index (κ1) is 15.5. The van der Waals surface area contributed by atoms with E-state index in [1.54, 1.807) is 6.92 Å². The summed E-state index contributed by atoms with van der Waals surface area (Å²) in [5.74, 6) is -1.53. The summed E-state index contributed by atoms with van der Waals surface area (Å²) >= 11 is 1.43. The molecule has 1 unspecified atom stereocenters. The van der Waals surface area contributed by atoms with Crippen LogP contribution in [0.2, 0.25) is 0 Å². The van der Waals surface area contributed by atoms with Gasteiger partial charge in [-0.2, -0.15) is 5.26 Å². The number of ether oxygens (including phenoxy) is 1. The van der Waals surface area contributed by atoms with Crippen molar-refractivity contribution in [2.45, 2.75) is 39.5 Å². The van der Waals surface area contributed by atoms with Gasteiger partial charge in [-0.3, -0.25) is 4.79 Å². The fourth-order valence-electron chi connectivity index (χ4n) is 2.35. The molecule has 21 heavy (non-hydrogen) atoms. The van der Waals surface area contributed by atoms with Crippen LogP contribution >= 0.6 is 11.3 Å². The highest BCUT2D eigenvalue weighted by atomic mass is 32.1. The average molecular weight is 306 g/mol. The Morgan fingerprint density at radius 2 is 2.14 bits per heavy atom. The highest BCUT2D eigenvalue weighted by Crippen LogP contribution is 2.38. The predicted molar refractivity (Wildman–Crippen MR) is 80.3 cm³/mol. The fourth-order valence-corrected chi connectivity index (χ4v) is 3.63. The second kappa shape index (κ2) is 6.72. The van der Waals surface area contributed by atoms with Crippen LogP contribution < -0.4 is 5.32 Å². The van der Waals surface area contributed by atoms with Crippen LogP contribution in [0.1, 0.15) is 47.5 Å². The Hall–Kier alpha value is -1.87. The van der Waals surface area contributed by atoms with Crippen molar-refractivity contribution >= 4 is 28.2 Å². The lowest BCUT2D eigenvalue weighted by Crippen LogP contribution is -2.20. The Kier molecular flexibility index (Phi) is 4.97. The molecule has 5 nitrogen and oxygen atoms in total. The maximum Gasteiger partial charge on any atom is 0.341 e. The molecule has 0 saturated carbocycles. The Bertz CT molecular complexity index is 601. The number of nitrogens with one attached hydrogen (secondary N) is 1. The van der Waals surface area contributed by atoms with E-state index in [1.165, 1.54) is 18.3 Å². The van der Waals surface area contributed by atoms with Crippen molar-refractivity contribution in [1.82, 2.24) is 0 Å². The Labute approximate surface area is 127 Å². The molecular weight excluding hydrogens is 288 g/mol. The second-order valence-corrected chi connectivity index (χ2v) is 6.08. The predicted octanol–water partition coefficient (Wildman–Crippen LogP) is 2.90. The molecule has 0 aromatic carbocycles. The van der Waals surface area contributed by atoms with Crippen molar-refractivity contribution in [1.29, 1.82) is 5.26 Å². The summed E-state index contributed by atoms with van der Waals surface area (Å²) in [5, 5.41) is 12.0. The molecule has 0 bridgehead atoms. The van der Waals surface area contributed by atoms with Gasteiger partial charge in [-0.15, -0.1) is 11.3 Å². The molecule has 0 aliphatic heterocycles. The third kappa shape index (κ3) is 3.24. The van der Waals surface area contributed by atoms with E-state index in [2.05, 4.69) is 5.32 Å². The third-order valence-corrected chi connectivity index (χ3v) is 4.68. The van der Waals surface area contributed by atoms with Gasteiger partial charge in [0.05, 0.1) is 18.2 Å². The number of esters is 1. The van der Waals surface area contributed by atoms with E-state index in [0.29, 0.717) is 17.2 Å². The largest absolute Gasteiger partial charge is 0.462 e. The number of rotatable bonds is 4. The maximum absolute atomic E-state index is 12.2. The molecule has 6 heteroatoms. The lowest BCUT2D eigenvalue weighted by atomic mass is 9.95. The van der Waals surface area contributed by atoms with E-state index in [-0.39, 0.29) is 5.91 Å². The van der Waals surface area contributed by atoms with Gasteiger partial charge in [0, 0.05) is 4.88 Å². The average Bonchev–Trinajstić information content (AvgIpc) is 2.84. The summed E-state index contributed by atoms with van der Waals surface area (Å²) in [6, 6.07) is 1.90. The van der Waals surface area contributed by atoms with Gasteiger partial charge in [0.1, 0.15) is 10.9 Å². The monoisotopic (exact) mass is 306 g/mol. The van der Waals surface area contributed by atoms with Crippen LogP contribution in [0, 0.1) is 17.2 Å². The number of hydrogen-bond donors (Lipinski definition) is 1. The van der Waals surface area contributed by atoms with E-state index in [9.17, 15) is 9.59 Å². The lowest BCUT2D eigenvalue weighted by molar-refractivity contribution is -0.117.